The van der Waals surface area contributed by atoms with E-state index in [1.807, 2.05) is 66.4 Å². The fraction of sp³-hybridized carbons (Fsp3) is 0.400. The van der Waals surface area contributed by atoms with Crippen molar-refractivity contribution in [3.8, 4) is 0 Å². The van der Waals surface area contributed by atoms with E-state index < -0.39 is 0 Å². The Bertz CT molecular complexity index is 1120. The summed E-state index contributed by atoms with van der Waals surface area (Å²) >= 11 is 1.38. The molecule has 6 heteroatoms. The Morgan fingerprint density at radius 1 is 1.06 bits per heavy atom. The first kappa shape index (κ1) is 21.6. The highest BCUT2D eigenvalue weighted by molar-refractivity contribution is 8.00. The summed E-state index contributed by atoms with van der Waals surface area (Å²) < 4.78 is 1.70. The van der Waals surface area contributed by atoms with Gasteiger partial charge in [0.05, 0.1) is 22.7 Å². The summed E-state index contributed by atoms with van der Waals surface area (Å²) in [4.78, 5) is 33.5. The number of hydrogen-bond donors (Lipinski definition) is 0. The van der Waals surface area contributed by atoms with Gasteiger partial charge >= 0.3 is 0 Å². The van der Waals surface area contributed by atoms with Crippen molar-refractivity contribution in [1.82, 2.24) is 14.5 Å². The van der Waals surface area contributed by atoms with Gasteiger partial charge in [-0.15, -0.1) is 0 Å². The van der Waals surface area contributed by atoms with Crippen LogP contribution in [0.3, 0.4) is 0 Å². The molecule has 2 heterocycles. The number of aromatic nitrogens is 2. The van der Waals surface area contributed by atoms with Gasteiger partial charge in [-0.2, -0.15) is 0 Å². The van der Waals surface area contributed by atoms with Crippen molar-refractivity contribution in [2.24, 2.45) is 0 Å². The average molecular weight is 436 g/mol. The molecule has 5 nitrogen and oxygen atoms in total. The Kier molecular flexibility index (Phi) is 6.46. The third-order valence-corrected chi connectivity index (χ3v) is 7.17. The number of carbonyl (C=O) groups excluding carboxylic acids is 1. The van der Waals surface area contributed by atoms with Gasteiger partial charge in [-0.25, -0.2) is 4.98 Å². The monoisotopic (exact) mass is 435 g/mol. The third kappa shape index (κ3) is 4.54. The highest BCUT2D eigenvalue weighted by Gasteiger charge is 2.32. The fourth-order valence-electron chi connectivity index (χ4n) is 4.42. The molecule has 0 radical (unpaired) electrons. The first-order valence-corrected chi connectivity index (χ1v) is 11.9. The molecule has 0 N–H and O–H groups in total. The second-order valence-electron chi connectivity index (χ2n) is 8.42. The number of carbonyl (C=O) groups is 1. The van der Waals surface area contributed by atoms with Crippen molar-refractivity contribution >= 4 is 28.6 Å². The molecule has 3 atom stereocenters. The van der Waals surface area contributed by atoms with Crippen LogP contribution in [0.1, 0.15) is 45.6 Å². The summed E-state index contributed by atoms with van der Waals surface area (Å²) in [7, 11) is 0. The molecule has 1 aliphatic rings. The largest absolute Gasteiger partial charge is 0.336 e. The van der Waals surface area contributed by atoms with E-state index >= 15 is 0 Å². The van der Waals surface area contributed by atoms with Crippen LogP contribution < -0.4 is 5.56 Å². The van der Waals surface area contributed by atoms with E-state index in [1.54, 1.807) is 4.57 Å². The van der Waals surface area contributed by atoms with Crippen LogP contribution in [0.2, 0.25) is 0 Å². The lowest BCUT2D eigenvalue weighted by Gasteiger charge is -2.40. The second-order valence-corrected chi connectivity index (χ2v) is 9.73. The lowest BCUT2D eigenvalue weighted by molar-refractivity contribution is -0.136. The molecule has 0 aliphatic carbocycles. The van der Waals surface area contributed by atoms with Gasteiger partial charge in [0.1, 0.15) is 0 Å². The van der Waals surface area contributed by atoms with Crippen molar-refractivity contribution in [3.05, 3.63) is 70.5 Å². The minimum Gasteiger partial charge on any atom is -0.336 e. The van der Waals surface area contributed by atoms with E-state index in [9.17, 15) is 9.59 Å². The summed E-state index contributed by atoms with van der Waals surface area (Å²) in [6.07, 6.45) is 3.25. The molecule has 2 aromatic carbocycles. The molecule has 1 saturated heterocycles. The lowest BCUT2D eigenvalue weighted by Crippen LogP contribution is -2.50. The summed E-state index contributed by atoms with van der Waals surface area (Å²) in [5, 5.41) is 0.865. The standard InChI is InChI=1S/C25H29N3O2S/c1-17-10-9-11-18(2)28(17)23(29)19(3)31-25-26-22-15-8-7-14-21(22)24(30)27(25)16-20-12-5-4-6-13-20/h4-8,12-15,17-19H,9-11,16H2,1-3H3/t17-,18+,19-/m1/s1. The second kappa shape index (κ2) is 9.27. The molecule has 0 unspecified atom stereocenters. The van der Waals surface area contributed by atoms with Gasteiger partial charge in [0, 0.05) is 12.1 Å². The van der Waals surface area contributed by atoms with Gasteiger partial charge < -0.3 is 4.90 Å². The van der Waals surface area contributed by atoms with Crippen molar-refractivity contribution in [2.75, 3.05) is 0 Å². The number of hydrogen-bond acceptors (Lipinski definition) is 4. The van der Waals surface area contributed by atoms with E-state index in [0.717, 1.165) is 24.8 Å². The van der Waals surface area contributed by atoms with Gasteiger partial charge in [-0.3, -0.25) is 14.2 Å². The quantitative estimate of drug-likeness (QED) is 0.430. The van der Waals surface area contributed by atoms with Gasteiger partial charge in [0.15, 0.2) is 5.16 Å². The first-order valence-electron chi connectivity index (χ1n) is 11.0. The van der Waals surface area contributed by atoms with Gasteiger partial charge in [0.25, 0.3) is 5.56 Å². The number of para-hydroxylation sites is 1. The van der Waals surface area contributed by atoms with Crippen LogP contribution in [-0.4, -0.2) is 37.7 Å². The smallest absolute Gasteiger partial charge is 0.262 e. The van der Waals surface area contributed by atoms with Gasteiger partial charge in [-0.05, 0) is 57.7 Å². The summed E-state index contributed by atoms with van der Waals surface area (Å²) in [5.74, 6) is 0.123. The third-order valence-electron chi connectivity index (χ3n) is 6.09. The zero-order valence-electron chi connectivity index (χ0n) is 18.3. The van der Waals surface area contributed by atoms with Crippen molar-refractivity contribution in [2.45, 2.75) is 69.1 Å². The molecule has 1 amide bonds. The average Bonchev–Trinajstić information content (AvgIpc) is 2.77. The molecule has 1 aliphatic heterocycles. The number of fused-ring (bicyclic) bond motifs is 1. The minimum absolute atomic E-state index is 0.0729. The van der Waals surface area contributed by atoms with Crippen LogP contribution in [0, 0.1) is 0 Å². The number of benzene rings is 2. The number of likely N-dealkylation sites (tertiary alicyclic amines) is 1. The number of thioether (sulfide) groups is 1. The Morgan fingerprint density at radius 2 is 1.71 bits per heavy atom. The normalized spacial score (nSPS) is 20.0. The summed E-state index contributed by atoms with van der Waals surface area (Å²) in [5.41, 5.74) is 1.62. The van der Waals surface area contributed by atoms with Gasteiger partial charge in [-0.1, -0.05) is 54.2 Å². The molecule has 1 aromatic heterocycles. The predicted octanol–water partition coefficient (Wildman–Crippen LogP) is 4.71. The number of amides is 1. The molecule has 0 saturated carbocycles. The lowest BCUT2D eigenvalue weighted by atomic mass is 9.97. The molecule has 162 valence electrons. The van der Waals surface area contributed by atoms with E-state index in [2.05, 4.69) is 13.8 Å². The SMILES string of the molecule is C[C@@H]1CCC[C@H](C)N1C(=O)[C@@H](C)Sc1nc2ccccc2c(=O)n1Cc1ccccc1. The van der Waals surface area contributed by atoms with Crippen LogP contribution in [0.4, 0.5) is 0 Å². The van der Waals surface area contributed by atoms with Crippen molar-refractivity contribution in [1.29, 1.82) is 0 Å². The van der Waals surface area contributed by atoms with E-state index in [-0.39, 0.29) is 28.8 Å². The Morgan fingerprint density at radius 3 is 2.42 bits per heavy atom. The molecule has 0 spiro atoms. The van der Waals surface area contributed by atoms with Crippen LogP contribution in [0.25, 0.3) is 10.9 Å². The van der Waals surface area contributed by atoms with Crippen molar-refractivity contribution < 1.29 is 4.79 Å². The zero-order valence-corrected chi connectivity index (χ0v) is 19.1. The molecular weight excluding hydrogens is 406 g/mol. The Labute approximate surface area is 187 Å². The summed E-state index contributed by atoms with van der Waals surface area (Å²) in [6, 6.07) is 17.8. The van der Waals surface area contributed by atoms with Crippen LogP contribution in [-0.2, 0) is 11.3 Å². The molecule has 3 aromatic rings. The highest BCUT2D eigenvalue weighted by atomic mass is 32.2. The maximum atomic E-state index is 13.3. The Balaban J connectivity index is 1.69. The number of nitrogens with zero attached hydrogens (tertiary/aromatic N) is 3. The number of rotatable bonds is 5. The van der Waals surface area contributed by atoms with E-state index in [0.29, 0.717) is 22.6 Å². The predicted molar refractivity (Wildman–Crippen MR) is 126 cm³/mol. The van der Waals surface area contributed by atoms with E-state index in [4.69, 9.17) is 4.98 Å². The Hall–Kier alpha value is -2.60. The molecule has 1 fully saturated rings. The van der Waals surface area contributed by atoms with Crippen LogP contribution in [0.15, 0.2) is 64.5 Å². The molecule has 4 rings (SSSR count). The first-order chi connectivity index (χ1) is 15.0. The zero-order chi connectivity index (χ0) is 22.0. The molecule has 31 heavy (non-hydrogen) atoms. The van der Waals surface area contributed by atoms with Crippen LogP contribution >= 0.6 is 11.8 Å². The van der Waals surface area contributed by atoms with Crippen LogP contribution in [0.5, 0.6) is 0 Å². The molecule has 0 bridgehead atoms. The van der Waals surface area contributed by atoms with E-state index in [1.165, 1.54) is 11.8 Å². The highest BCUT2D eigenvalue weighted by Crippen LogP contribution is 2.29. The number of piperidine rings is 1. The molecular formula is C25H29N3O2S. The maximum absolute atomic E-state index is 13.3. The summed E-state index contributed by atoms with van der Waals surface area (Å²) in [6.45, 7) is 6.61. The minimum atomic E-state index is -0.321. The fourth-order valence-corrected chi connectivity index (χ4v) is 5.38. The maximum Gasteiger partial charge on any atom is 0.262 e. The van der Waals surface area contributed by atoms with Gasteiger partial charge in [0.2, 0.25) is 5.91 Å². The van der Waals surface area contributed by atoms with Crippen molar-refractivity contribution in [3.63, 3.8) is 0 Å². The topological polar surface area (TPSA) is 55.2 Å².